The largest absolute Gasteiger partial charge is 0.423 e. The Kier molecular flexibility index (Phi) is 2.39. The summed E-state index contributed by atoms with van der Waals surface area (Å²) in [5, 5.41) is 0. The molecule has 0 aliphatic carbocycles. The molecule has 1 amide bonds. The molecule has 1 aromatic heterocycles. The summed E-state index contributed by atoms with van der Waals surface area (Å²) in [6.45, 7) is 2.30. The van der Waals surface area contributed by atoms with Gasteiger partial charge in [-0.15, -0.1) is 0 Å². The molecule has 20 heavy (non-hydrogen) atoms. The number of carbonyl (C=O) groups is 1. The molecular weight excluding hydrogens is 256 g/mol. The number of piperazine rings is 1. The highest BCUT2D eigenvalue weighted by Crippen LogP contribution is 2.29. The third-order valence-corrected chi connectivity index (χ3v) is 4.20. The van der Waals surface area contributed by atoms with E-state index < -0.39 is 0 Å². The Morgan fingerprint density at radius 1 is 1.35 bits per heavy atom. The molecule has 2 aliphatic rings. The molecule has 2 aliphatic heterocycles. The highest BCUT2D eigenvalue weighted by molar-refractivity contribution is 5.86. The number of nitrogens with two attached hydrogens (primary N) is 1. The molecule has 0 radical (unpaired) electrons. The second kappa shape index (κ2) is 4.13. The van der Waals surface area contributed by atoms with Crippen LogP contribution in [0.1, 0.15) is 12.8 Å². The van der Waals surface area contributed by atoms with E-state index in [9.17, 15) is 4.79 Å². The summed E-state index contributed by atoms with van der Waals surface area (Å²) in [4.78, 5) is 20.3. The summed E-state index contributed by atoms with van der Waals surface area (Å²) in [6, 6.07) is 6.46. The van der Waals surface area contributed by atoms with Crippen LogP contribution >= 0.6 is 0 Å². The zero-order valence-electron chi connectivity index (χ0n) is 11.1. The number of anilines is 2. The van der Waals surface area contributed by atoms with E-state index in [0.29, 0.717) is 35.3 Å². The fourth-order valence-corrected chi connectivity index (χ4v) is 3.13. The van der Waals surface area contributed by atoms with Gasteiger partial charge in [-0.25, -0.2) is 0 Å². The van der Waals surface area contributed by atoms with Gasteiger partial charge in [0.1, 0.15) is 5.52 Å². The maximum Gasteiger partial charge on any atom is 0.298 e. The monoisotopic (exact) mass is 272 g/mol. The number of rotatable bonds is 1. The van der Waals surface area contributed by atoms with E-state index in [1.54, 1.807) is 0 Å². The van der Waals surface area contributed by atoms with Crippen LogP contribution in [0.5, 0.6) is 0 Å². The van der Waals surface area contributed by atoms with Crippen molar-refractivity contribution in [2.24, 2.45) is 0 Å². The normalized spacial score (nSPS) is 22.6. The van der Waals surface area contributed by atoms with Crippen molar-refractivity contribution < 1.29 is 9.21 Å². The zero-order valence-corrected chi connectivity index (χ0v) is 11.1. The number of nitrogen functional groups attached to an aromatic ring is 1. The summed E-state index contributed by atoms with van der Waals surface area (Å²) in [7, 11) is 0. The first-order valence-corrected chi connectivity index (χ1v) is 6.92. The first-order chi connectivity index (χ1) is 9.72. The van der Waals surface area contributed by atoms with E-state index in [0.717, 1.165) is 26.1 Å². The highest BCUT2D eigenvalue weighted by atomic mass is 16.4. The van der Waals surface area contributed by atoms with Gasteiger partial charge in [-0.05, 0) is 18.6 Å². The van der Waals surface area contributed by atoms with Crippen LogP contribution in [0.15, 0.2) is 22.6 Å². The fraction of sp³-hybridized carbons (Fsp3) is 0.429. The molecule has 6 nitrogen and oxygen atoms in total. The third-order valence-electron chi connectivity index (χ3n) is 4.20. The molecule has 1 unspecified atom stereocenters. The average Bonchev–Trinajstić information content (AvgIpc) is 3.04. The third kappa shape index (κ3) is 1.64. The zero-order chi connectivity index (χ0) is 13.7. The molecule has 1 aromatic carbocycles. The van der Waals surface area contributed by atoms with Crippen molar-refractivity contribution >= 4 is 28.7 Å². The van der Waals surface area contributed by atoms with E-state index in [4.69, 9.17) is 10.2 Å². The van der Waals surface area contributed by atoms with E-state index in [2.05, 4.69) is 9.88 Å². The molecule has 0 saturated carbocycles. The topological polar surface area (TPSA) is 75.6 Å². The standard InChI is InChI=1S/C14H16N4O2/c15-10-2-1-3-11-13(10)16-14(20-11)17-6-7-18-9(8-17)4-5-12(18)19/h1-3,9H,4-8,15H2. The van der Waals surface area contributed by atoms with Crippen LogP contribution in [0.2, 0.25) is 0 Å². The Morgan fingerprint density at radius 3 is 3.10 bits per heavy atom. The van der Waals surface area contributed by atoms with Crippen molar-refractivity contribution in [3.63, 3.8) is 0 Å². The van der Waals surface area contributed by atoms with Gasteiger partial charge in [-0.3, -0.25) is 4.79 Å². The van der Waals surface area contributed by atoms with Crippen molar-refractivity contribution in [1.29, 1.82) is 0 Å². The predicted molar refractivity (Wildman–Crippen MR) is 75.4 cm³/mol. The first-order valence-electron chi connectivity index (χ1n) is 6.92. The van der Waals surface area contributed by atoms with Gasteiger partial charge >= 0.3 is 0 Å². The molecule has 104 valence electrons. The number of nitrogens with zero attached hydrogens (tertiary/aromatic N) is 3. The summed E-state index contributed by atoms with van der Waals surface area (Å²) >= 11 is 0. The van der Waals surface area contributed by atoms with Crippen LogP contribution in [0, 0.1) is 0 Å². The number of fused-ring (bicyclic) bond motifs is 2. The molecule has 0 spiro atoms. The minimum atomic E-state index is 0.274. The lowest BCUT2D eigenvalue weighted by Crippen LogP contribution is -2.51. The second-order valence-corrected chi connectivity index (χ2v) is 5.42. The number of aromatic nitrogens is 1. The Bertz CT molecular complexity index is 681. The van der Waals surface area contributed by atoms with E-state index in [1.807, 2.05) is 23.1 Å². The minimum Gasteiger partial charge on any atom is -0.423 e. The van der Waals surface area contributed by atoms with Crippen LogP contribution in [-0.2, 0) is 4.79 Å². The van der Waals surface area contributed by atoms with Gasteiger partial charge in [0.15, 0.2) is 5.58 Å². The molecular formula is C14H16N4O2. The van der Waals surface area contributed by atoms with Crippen molar-refractivity contribution in [3.05, 3.63) is 18.2 Å². The van der Waals surface area contributed by atoms with E-state index in [1.165, 1.54) is 0 Å². The Morgan fingerprint density at radius 2 is 2.25 bits per heavy atom. The summed E-state index contributed by atoms with van der Waals surface area (Å²) in [5.74, 6) is 0.274. The molecule has 3 heterocycles. The number of para-hydroxylation sites is 1. The maximum atomic E-state index is 11.7. The van der Waals surface area contributed by atoms with Crippen molar-refractivity contribution in [2.45, 2.75) is 18.9 Å². The number of carbonyl (C=O) groups excluding carboxylic acids is 1. The lowest BCUT2D eigenvalue weighted by molar-refractivity contribution is -0.129. The van der Waals surface area contributed by atoms with Gasteiger partial charge < -0.3 is 20.0 Å². The molecule has 2 fully saturated rings. The fourth-order valence-electron chi connectivity index (χ4n) is 3.13. The molecule has 6 heteroatoms. The Balaban J connectivity index is 1.64. The number of amides is 1. The van der Waals surface area contributed by atoms with Gasteiger partial charge in [0.25, 0.3) is 6.01 Å². The predicted octanol–water partition coefficient (Wildman–Crippen LogP) is 1.22. The van der Waals surface area contributed by atoms with Gasteiger partial charge in [-0.2, -0.15) is 4.98 Å². The SMILES string of the molecule is Nc1cccc2oc(N3CCN4C(=O)CCC4C3)nc12. The van der Waals surface area contributed by atoms with Gasteiger partial charge in [0.2, 0.25) is 5.91 Å². The number of oxazole rings is 1. The summed E-state index contributed by atoms with van der Waals surface area (Å²) in [5.41, 5.74) is 7.97. The average molecular weight is 272 g/mol. The molecule has 2 aromatic rings. The van der Waals surface area contributed by atoms with Crippen LogP contribution in [0.25, 0.3) is 11.1 Å². The number of hydrogen-bond donors (Lipinski definition) is 1. The van der Waals surface area contributed by atoms with Crippen LogP contribution in [-0.4, -0.2) is 41.5 Å². The quantitative estimate of drug-likeness (QED) is 0.790. The van der Waals surface area contributed by atoms with Gasteiger partial charge in [0, 0.05) is 32.1 Å². The van der Waals surface area contributed by atoms with Crippen molar-refractivity contribution in [3.8, 4) is 0 Å². The molecule has 4 rings (SSSR count). The molecule has 2 N–H and O–H groups in total. The summed E-state index contributed by atoms with van der Waals surface area (Å²) in [6.07, 6.45) is 1.59. The molecule has 2 saturated heterocycles. The molecule has 0 bridgehead atoms. The Hall–Kier alpha value is -2.24. The highest BCUT2D eigenvalue weighted by Gasteiger charge is 2.36. The van der Waals surface area contributed by atoms with E-state index >= 15 is 0 Å². The Labute approximate surface area is 116 Å². The van der Waals surface area contributed by atoms with Crippen molar-refractivity contribution in [1.82, 2.24) is 9.88 Å². The second-order valence-electron chi connectivity index (χ2n) is 5.42. The summed E-state index contributed by atoms with van der Waals surface area (Å²) < 4.78 is 5.80. The number of benzene rings is 1. The van der Waals surface area contributed by atoms with E-state index in [-0.39, 0.29) is 5.91 Å². The van der Waals surface area contributed by atoms with Crippen LogP contribution in [0.3, 0.4) is 0 Å². The first kappa shape index (κ1) is 11.6. The lowest BCUT2D eigenvalue weighted by Gasteiger charge is -2.36. The minimum absolute atomic E-state index is 0.274. The maximum absolute atomic E-state index is 11.7. The lowest BCUT2D eigenvalue weighted by atomic mass is 10.2. The van der Waals surface area contributed by atoms with Crippen LogP contribution < -0.4 is 10.6 Å². The number of hydrogen-bond acceptors (Lipinski definition) is 5. The van der Waals surface area contributed by atoms with Gasteiger partial charge in [0.05, 0.1) is 5.69 Å². The van der Waals surface area contributed by atoms with Crippen LogP contribution in [0.4, 0.5) is 11.7 Å². The van der Waals surface area contributed by atoms with Gasteiger partial charge in [-0.1, -0.05) is 6.07 Å². The molecule has 1 atom stereocenters. The smallest absolute Gasteiger partial charge is 0.298 e. The van der Waals surface area contributed by atoms with Crippen molar-refractivity contribution in [2.75, 3.05) is 30.3 Å².